The Morgan fingerprint density at radius 3 is 2.41 bits per heavy atom. The molecule has 0 unspecified atom stereocenters. The van der Waals surface area contributed by atoms with E-state index < -0.39 is 5.91 Å². The van der Waals surface area contributed by atoms with Gasteiger partial charge in [-0.3, -0.25) is 9.59 Å². The van der Waals surface area contributed by atoms with Gasteiger partial charge in [0.2, 0.25) is 0 Å². The van der Waals surface area contributed by atoms with Gasteiger partial charge in [-0.25, -0.2) is 9.97 Å². The summed E-state index contributed by atoms with van der Waals surface area (Å²) in [6.45, 7) is 8.20. The molecule has 1 amide bonds. The summed E-state index contributed by atoms with van der Waals surface area (Å²) in [5.74, 6) is 0.128. The molecule has 6 heteroatoms. The van der Waals surface area contributed by atoms with E-state index in [0.29, 0.717) is 12.4 Å². The molecular weight excluding hydrogens is 280 g/mol. The summed E-state index contributed by atoms with van der Waals surface area (Å²) < 4.78 is 1.57. The smallest absolute Gasteiger partial charge is 0.263 e. The van der Waals surface area contributed by atoms with Gasteiger partial charge < -0.3 is 9.88 Å². The first kappa shape index (κ1) is 15.9. The van der Waals surface area contributed by atoms with Crippen molar-refractivity contribution in [3.05, 3.63) is 57.0 Å². The van der Waals surface area contributed by atoms with Crippen LogP contribution in [0.5, 0.6) is 0 Å². The predicted octanol–water partition coefficient (Wildman–Crippen LogP) is 1.51. The lowest BCUT2D eigenvalue weighted by Crippen LogP contribution is -2.33. The molecule has 1 N–H and O–H groups in total. The molecule has 2 rings (SSSR count). The first-order valence-corrected chi connectivity index (χ1v) is 7.22. The second kappa shape index (κ2) is 6.51. The lowest BCUT2D eigenvalue weighted by molar-refractivity contribution is 0.0947. The summed E-state index contributed by atoms with van der Waals surface area (Å²) in [7, 11) is 0. The first-order chi connectivity index (χ1) is 10.4. The average Bonchev–Trinajstić information content (AvgIpc) is 2.44. The maximum absolute atomic E-state index is 12.3. The number of pyridine rings is 1. The van der Waals surface area contributed by atoms with E-state index in [0.717, 1.165) is 17.1 Å². The standard InChI is InChI=1S/C16H20N4O2/c1-5-20-12(4)6-7-13(16(20)22)15(21)17-9-14-18-10(2)8-11(3)19-14/h6-8H,5,9H2,1-4H3,(H,17,21). The minimum atomic E-state index is -0.407. The normalized spacial score (nSPS) is 10.5. The van der Waals surface area contributed by atoms with Crippen molar-refractivity contribution in [3.63, 3.8) is 0 Å². The largest absolute Gasteiger partial charge is 0.345 e. The summed E-state index contributed by atoms with van der Waals surface area (Å²) in [5.41, 5.74) is 2.39. The Labute approximate surface area is 129 Å². The monoisotopic (exact) mass is 300 g/mol. The van der Waals surface area contributed by atoms with Gasteiger partial charge in [-0.15, -0.1) is 0 Å². The van der Waals surface area contributed by atoms with E-state index in [1.807, 2.05) is 33.8 Å². The summed E-state index contributed by atoms with van der Waals surface area (Å²) in [5, 5.41) is 2.70. The number of carbonyl (C=O) groups excluding carboxylic acids is 1. The van der Waals surface area contributed by atoms with Crippen LogP contribution in [0.2, 0.25) is 0 Å². The van der Waals surface area contributed by atoms with Crippen molar-refractivity contribution in [1.82, 2.24) is 19.9 Å². The van der Waals surface area contributed by atoms with Crippen molar-refractivity contribution in [2.45, 2.75) is 40.8 Å². The Bertz CT molecular complexity index is 745. The van der Waals surface area contributed by atoms with Crippen LogP contribution in [0, 0.1) is 20.8 Å². The van der Waals surface area contributed by atoms with E-state index in [4.69, 9.17) is 0 Å². The van der Waals surface area contributed by atoms with Gasteiger partial charge in [0.05, 0.1) is 6.54 Å². The van der Waals surface area contributed by atoms with Crippen molar-refractivity contribution < 1.29 is 4.79 Å². The SMILES string of the molecule is CCn1c(C)ccc(C(=O)NCc2nc(C)cc(C)n2)c1=O. The molecule has 0 fully saturated rings. The number of aryl methyl sites for hydroxylation is 3. The Balaban J connectivity index is 2.18. The Morgan fingerprint density at radius 2 is 1.82 bits per heavy atom. The molecule has 2 aromatic rings. The Kier molecular flexibility index (Phi) is 4.70. The van der Waals surface area contributed by atoms with Crippen LogP contribution in [-0.2, 0) is 13.1 Å². The fourth-order valence-corrected chi connectivity index (χ4v) is 2.37. The summed E-state index contributed by atoms with van der Waals surface area (Å²) in [6, 6.07) is 5.19. The minimum Gasteiger partial charge on any atom is -0.345 e. The molecule has 0 aliphatic carbocycles. The fraction of sp³-hybridized carbons (Fsp3) is 0.375. The van der Waals surface area contributed by atoms with E-state index in [2.05, 4.69) is 15.3 Å². The van der Waals surface area contributed by atoms with Crippen LogP contribution >= 0.6 is 0 Å². The van der Waals surface area contributed by atoms with Crippen LogP contribution in [0.4, 0.5) is 0 Å². The number of amides is 1. The van der Waals surface area contributed by atoms with Crippen LogP contribution in [0.1, 0.15) is 40.2 Å². The minimum absolute atomic E-state index is 0.136. The predicted molar refractivity (Wildman–Crippen MR) is 83.8 cm³/mol. The molecule has 0 atom stereocenters. The number of nitrogens with one attached hydrogen (secondary N) is 1. The highest BCUT2D eigenvalue weighted by atomic mass is 16.2. The number of aromatic nitrogens is 3. The fourth-order valence-electron chi connectivity index (χ4n) is 2.37. The number of hydrogen-bond acceptors (Lipinski definition) is 4. The molecule has 6 nitrogen and oxygen atoms in total. The molecule has 0 saturated carbocycles. The molecular formula is C16H20N4O2. The topological polar surface area (TPSA) is 76.9 Å². The van der Waals surface area contributed by atoms with Crippen molar-refractivity contribution in [3.8, 4) is 0 Å². The molecule has 0 radical (unpaired) electrons. The highest BCUT2D eigenvalue weighted by Crippen LogP contribution is 2.01. The number of rotatable bonds is 4. The number of hydrogen-bond donors (Lipinski definition) is 1. The maximum Gasteiger partial charge on any atom is 0.263 e. The second-order valence-electron chi connectivity index (χ2n) is 5.19. The van der Waals surface area contributed by atoms with E-state index in [1.54, 1.807) is 16.7 Å². The molecule has 0 spiro atoms. The maximum atomic E-state index is 12.3. The molecule has 2 heterocycles. The van der Waals surface area contributed by atoms with Crippen molar-refractivity contribution in [2.75, 3.05) is 0 Å². The van der Waals surface area contributed by atoms with Crippen molar-refractivity contribution in [1.29, 1.82) is 0 Å². The lowest BCUT2D eigenvalue weighted by Gasteiger charge is -2.10. The molecule has 116 valence electrons. The van der Waals surface area contributed by atoms with Crippen molar-refractivity contribution >= 4 is 5.91 Å². The third-order valence-electron chi connectivity index (χ3n) is 3.39. The van der Waals surface area contributed by atoms with Crippen LogP contribution < -0.4 is 10.9 Å². The van der Waals surface area contributed by atoms with E-state index in [9.17, 15) is 9.59 Å². The van der Waals surface area contributed by atoms with Crippen LogP contribution in [0.15, 0.2) is 23.0 Å². The molecule has 22 heavy (non-hydrogen) atoms. The van der Waals surface area contributed by atoms with E-state index in [1.165, 1.54) is 0 Å². The van der Waals surface area contributed by atoms with Gasteiger partial charge in [-0.1, -0.05) is 0 Å². The van der Waals surface area contributed by atoms with E-state index >= 15 is 0 Å². The first-order valence-electron chi connectivity index (χ1n) is 7.22. The summed E-state index contributed by atoms with van der Waals surface area (Å²) in [6.07, 6.45) is 0. The zero-order valence-corrected chi connectivity index (χ0v) is 13.3. The van der Waals surface area contributed by atoms with Crippen LogP contribution in [0.3, 0.4) is 0 Å². The highest BCUT2D eigenvalue weighted by molar-refractivity contribution is 5.93. The molecule has 0 aliphatic heterocycles. The third kappa shape index (κ3) is 3.39. The summed E-state index contributed by atoms with van der Waals surface area (Å²) in [4.78, 5) is 33.0. The summed E-state index contributed by atoms with van der Waals surface area (Å²) >= 11 is 0. The third-order valence-corrected chi connectivity index (χ3v) is 3.39. The Morgan fingerprint density at radius 1 is 1.18 bits per heavy atom. The quantitative estimate of drug-likeness (QED) is 0.928. The van der Waals surface area contributed by atoms with Gasteiger partial charge in [0.25, 0.3) is 11.5 Å². The lowest BCUT2D eigenvalue weighted by atomic mass is 10.2. The van der Waals surface area contributed by atoms with Gasteiger partial charge in [0.1, 0.15) is 11.4 Å². The highest BCUT2D eigenvalue weighted by Gasteiger charge is 2.13. The van der Waals surface area contributed by atoms with Gasteiger partial charge in [0.15, 0.2) is 0 Å². The van der Waals surface area contributed by atoms with Gasteiger partial charge in [-0.05, 0) is 45.9 Å². The molecule has 0 aromatic carbocycles. The van der Waals surface area contributed by atoms with Gasteiger partial charge >= 0.3 is 0 Å². The van der Waals surface area contributed by atoms with Gasteiger partial charge in [0, 0.05) is 23.6 Å². The Hall–Kier alpha value is -2.50. The zero-order chi connectivity index (χ0) is 16.3. The van der Waals surface area contributed by atoms with Gasteiger partial charge in [-0.2, -0.15) is 0 Å². The number of nitrogens with zero attached hydrogens (tertiary/aromatic N) is 3. The van der Waals surface area contributed by atoms with Crippen LogP contribution in [0.25, 0.3) is 0 Å². The van der Waals surface area contributed by atoms with E-state index in [-0.39, 0.29) is 17.7 Å². The average molecular weight is 300 g/mol. The van der Waals surface area contributed by atoms with Crippen LogP contribution in [-0.4, -0.2) is 20.4 Å². The molecule has 2 aromatic heterocycles. The molecule has 0 aliphatic rings. The van der Waals surface area contributed by atoms with Crippen molar-refractivity contribution in [2.24, 2.45) is 0 Å². The number of carbonyl (C=O) groups is 1. The molecule has 0 bridgehead atoms. The zero-order valence-electron chi connectivity index (χ0n) is 13.3. The second-order valence-corrected chi connectivity index (χ2v) is 5.19. The molecule has 0 saturated heterocycles.